The summed E-state index contributed by atoms with van der Waals surface area (Å²) >= 11 is 0. The minimum atomic E-state index is -4.43. The molecule has 5 atom stereocenters. The molecule has 2 aromatic rings. The minimum absolute atomic E-state index is 0.245. The van der Waals surface area contributed by atoms with Gasteiger partial charge in [0.1, 0.15) is 11.9 Å². The first-order valence-electron chi connectivity index (χ1n) is 14.4. The molecule has 1 N–H and O–H groups in total. The molecule has 216 valence electrons. The lowest BCUT2D eigenvalue weighted by Gasteiger charge is -2.60. The molecular weight excluding hydrogens is 533 g/mol. The molecular formula is C32H33F3N2O4. The number of benzene rings is 2. The lowest BCUT2D eigenvalue weighted by atomic mass is 9.50. The van der Waals surface area contributed by atoms with Crippen molar-refractivity contribution in [2.45, 2.75) is 68.3 Å². The predicted octanol–water partition coefficient (Wildman–Crippen LogP) is 4.75. The number of hydrogen-bond acceptors (Lipinski definition) is 5. The molecule has 3 fully saturated rings. The monoisotopic (exact) mass is 566 g/mol. The Bertz CT molecular complexity index is 1460. The quantitative estimate of drug-likeness (QED) is 0.542. The number of likely N-dealkylation sites (N-methyl/N-ethyl adjacent to an activating group) is 1. The van der Waals surface area contributed by atoms with E-state index in [-0.39, 0.29) is 23.3 Å². The van der Waals surface area contributed by atoms with Gasteiger partial charge in [-0.3, -0.25) is 9.69 Å². The Labute approximate surface area is 237 Å². The Hall–Kier alpha value is -3.38. The summed E-state index contributed by atoms with van der Waals surface area (Å²) in [6, 6.07) is 6.22. The van der Waals surface area contributed by atoms with Crippen LogP contribution in [0.2, 0.25) is 0 Å². The molecule has 3 aliphatic carbocycles. The van der Waals surface area contributed by atoms with Gasteiger partial charge in [-0.2, -0.15) is 13.2 Å². The molecule has 2 bridgehead atoms. The number of halogens is 3. The number of nitrogens with zero attached hydrogens (tertiary/aromatic N) is 2. The Morgan fingerprint density at radius 2 is 1.98 bits per heavy atom. The number of hydrogen-bond donors (Lipinski definition) is 1. The summed E-state index contributed by atoms with van der Waals surface area (Å²) in [5.74, 6) is 7.53. The van der Waals surface area contributed by atoms with E-state index in [1.54, 1.807) is 25.1 Å². The standard InChI is InChI=1S/C32H33F3N2O4/c1-36(27(39)12-7-18-5-8-20(9-6-18)32(33,34)35)23-11-10-22-24-15-21-25(38)16-26(40-2)29-28(21)31(22,30(23)41-29)13-14-37(24)17-19-3-4-19/h5-6,8-9,16,19,22-24,30,38H,3-4,10-11,13-15,17H2,1-2H3/t22-,23-,24+,30-,31-/m0/s1. The first kappa shape index (κ1) is 26.5. The molecule has 2 aromatic carbocycles. The lowest BCUT2D eigenvalue weighted by molar-refractivity contribution is -0.137. The van der Waals surface area contributed by atoms with Crippen molar-refractivity contribution in [3.05, 3.63) is 52.6 Å². The van der Waals surface area contributed by atoms with Crippen molar-refractivity contribution >= 4 is 5.91 Å². The van der Waals surface area contributed by atoms with Crippen molar-refractivity contribution in [1.29, 1.82) is 0 Å². The largest absolute Gasteiger partial charge is 0.508 e. The van der Waals surface area contributed by atoms with Gasteiger partial charge in [-0.15, -0.1) is 0 Å². The van der Waals surface area contributed by atoms with Gasteiger partial charge in [-0.25, -0.2) is 0 Å². The maximum Gasteiger partial charge on any atom is 0.416 e. The first-order valence-corrected chi connectivity index (χ1v) is 14.4. The fourth-order valence-corrected chi connectivity index (χ4v) is 8.16. The zero-order valence-corrected chi connectivity index (χ0v) is 23.1. The number of aromatic hydroxyl groups is 1. The van der Waals surface area contributed by atoms with Crippen molar-refractivity contribution < 1.29 is 32.5 Å². The number of phenolic OH excluding ortho intramolecular Hbond substituents is 1. The first-order chi connectivity index (χ1) is 19.6. The molecule has 2 aliphatic heterocycles. The molecule has 9 heteroatoms. The summed E-state index contributed by atoms with van der Waals surface area (Å²) < 4.78 is 51.2. The van der Waals surface area contributed by atoms with Gasteiger partial charge in [0.2, 0.25) is 0 Å². The van der Waals surface area contributed by atoms with Crippen LogP contribution in [0.5, 0.6) is 17.2 Å². The number of carbonyl (C=O) groups is 1. The molecule has 6 nitrogen and oxygen atoms in total. The van der Waals surface area contributed by atoms with Gasteiger partial charge in [-0.1, -0.05) is 5.92 Å². The highest BCUT2D eigenvalue weighted by Gasteiger charge is 2.67. The number of amides is 1. The second-order valence-corrected chi connectivity index (χ2v) is 12.3. The maximum absolute atomic E-state index is 13.3. The highest BCUT2D eigenvalue weighted by molar-refractivity contribution is 5.94. The SMILES string of the molecule is COc1cc(O)c2c3c1O[C@H]1[C@@H](N(C)C(=O)C#Cc4ccc(C(F)(F)F)cc4)CC[C@H]4[C@@H](C2)N(CC2CC2)CC[C@@]341. The van der Waals surface area contributed by atoms with Crippen molar-refractivity contribution in [2.24, 2.45) is 11.8 Å². The van der Waals surface area contributed by atoms with Crippen LogP contribution < -0.4 is 9.47 Å². The molecule has 1 saturated heterocycles. The third-order valence-corrected chi connectivity index (χ3v) is 10.2. The van der Waals surface area contributed by atoms with Gasteiger partial charge in [-0.05, 0) is 81.2 Å². The summed E-state index contributed by atoms with van der Waals surface area (Å²) in [6.45, 7) is 2.05. The zero-order chi connectivity index (χ0) is 28.7. The second kappa shape index (κ2) is 9.32. The van der Waals surface area contributed by atoms with Crippen molar-refractivity contribution in [3.8, 4) is 29.1 Å². The van der Waals surface area contributed by atoms with Gasteiger partial charge < -0.3 is 19.5 Å². The normalized spacial score (nSPS) is 29.6. The van der Waals surface area contributed by atoms with Crippen LogP contribution in [0, 0.1) is 23.7 Å². The summed E-state index contributed by atoms with van der Waals surface area (Å²) in [7, 11) is 3.31. The number of ether oxygens (including phenoxy) is 2. The smallest absolute Gasteiger partial charge is 0.416 e. The van der Waals surface area contributed by atoms with Crippen LogP contribution in [-0.4, -0.2) is 66.2 Å². The highest BCUT2D eigenvalue weighted by Crippen LogP contribution is 2.65. The van der Waals surface area contributed by atoms with E-state index in [2.05, 4.69) is 16.7 Å². The Kier molecular flexibility index (Phi) is 6.02. The molecule has 5 aliphatic rings. The minimum Gasteiger partial charge on any atom is -0.508 e. The van der Waals surface area contributed by atoms with Crippen LogP contribution in [0.1, 0.15) is 54.4 Å². The molecule has 7 rings (SSSR count). The molecule has 41 heavy (non-hydrogen) atoms. The second-order valence-electron chi connectivity index (χ2n) is 12.3. The maximum atomic E-state index is 13.3. The molecule has 1 amide bonds. The van der Waals surface area contributed by atoms with Gasteiger partial charge >= 0.3 is 6.18 Å². The van der Waals surface area contributed by atoms with E-state index < -0.39 is 17.6 Å². The Morgan fingerprint density at radius 3 is 2.66 bits per heavy atom. The topological polar surface area (TPSA) is 62.2 Å². The molecule has 0 aromatic heterocycles. The number of carbonyl (C=O) groups excluding carboxylic acids is 1. The van der Waals surface area contributed by atoms with Crippen molar-refractivity contribution in [1.82, 2.24) is 9.80 Å². The van der Waals surface area contributed by atoms with Gasteiger partial charge in [0.15, 0.2) is 11.5 Å². The Morgan fingerprint density at radius 1 is 1.22 bits per heavy atom. The number of piperidine rings is 1. The van der Waals surface area contributed by atoms with Crippen LogP contribution in [0.25, 0.3) is 0 Å². The molecule has 2 saturated carbocycles. The number of rotatable bonds is 4. The zero-order valence-electron chi connectivity index (χ0n) is 23.1. The van der Waals surface area contributed by atoms with Gasteiger partial charge in [0.25, 0.3) is 5.91 Å². The number of methoxy groups -OCH3 is 1. The van der Waals surface area contributed by atoms with E-state index in [1.807, 2.05) is 0 Å². The van der Waals surface area contributed by atoms with Crippen molar-refractivity contribution in [3.63, 3.8) is 0 Å². The Balaban J connectivity index is 1.21. The summed E-state index contributed by atoms with van der Waals surface area (Å²) in [5, 5.41) is 11.1. The fourth-order valence-electron chi connectivity index (χ4n) is 8.16. The van der Waals surface area contributed by atoms with E-state index in [0.717, 1.165) is 68.0 Å². The fraction of sp³-hybridized carbons (Fsp3) is 0.531. The molecule has 1 spiro atoms. The van der Waals surface area contributed by atoms with E-state index in [0.29, 0.717) is 29.0 Å². The third kappa shape index (κ3) is 4.09. The highest BCUT2D eigenvalue weighted by atomic mass is 19.4. The van der Waals surface area contributed by atoms with Crippen molar-refractivity contribution in [2.75, 3.05) is 27.2 Å². The summed E-state index contributed by atoms with van der Waals surface area (Å²) in [4.78, 5) is 17.6. The summed E-state index contributed by atoms with van der Waals surface area (Å²) in [6.07, 6.45) is 1.19. The molecule has 2 heterocycles. The average Bonchev–Trinajstić information content (AvgIpc) is 3.71. The average molecular weight is 567 g/mol. The van der Waals surface area contributed by atoms with Crippen LogP contribution in [0.4, 0.5) is 13.2 Å². The number of likely N-dealkylation sites (tertiary alicyclic amines) is 1. The van der Waals surface area contributed by atoms with E-state index in [9.17, 15) is 23.1 Å². The van der Waals surface area contributed by atoms with E-state index in [1.165, 1.54) is 25.0 Å². The predicted molar refractivity (Wildman–Crippen MR) is 145 cm³/mol. The van der Waals surface area contributed by atoms with E-state index in [4.69, 9.17) is 9.47 Å². The van der Waals surface area contributed by atoms with E-state index >= 15 is 0 Å². The summed E-state index contributed by atoms with van der Waals surface area (Å²) in [5.41, 5.74) is 1.26. The van der Waals surface area contributed by atoms with Gasteiger partial charge in [0, 0.05) is 53.7 Å². The van der Waals surface area contributed by atoms with Crippen LogP contribution in [-0.2, 0) is 22.8 Å². The molecule has 0 radical (unpaired) electrons. The van der Waals surface area contributed by atoms with Crippen LogP contribution >= 0.6 is 0 Å². The number of phenols is 1. The molecule has 0 unspecified atom stereocenters. The third-order valence-electron chi connectivity index (χ3n) is 10.2. The van der Waals surface area contributed by atoms with Gasteiger partial charge in [0.05, 0.1) is 18.7 Å². The van der Waals surface area contributed by atoms with Crippen LogP contribution in [0.3, 0.4) is 0 Å². The number of alkyl halides is 3. The lowest BCUT2D eigenvalue weighted by Crippen LogP contribution is -2.69. The van der Waals surface area contributed by atoms with Crippen LogP contribution in [0.15, 0.2) is 30.3 Å².